The summed E-state index contributed by atoms with van der Waals surface area (Å²) in [6.07, 6.45) is 0.233. The number of hydrogen-bond donors (Lipinski definition) is 2. The zero-order valence-electron chi connectivity index (χ0n) is 20.4. The molecular formula is C23H27N5O6S3. The molecule has 37 heavy (non-hydrogen) atoms. The van der Waals surface area contributed by atoms with Crippen LogP contribution in [0.15, 0.2) is 58.3 Å². The fraction of sp³-hybridized carbons (Fsp3) is 0.348. The molecule has 0 spiro atoms. The number of carbonyl (C=O) groups is 1. The van der Waals surface area contributed by atoms with E-state index in [1.165, 1.54) is 52.8 Å². The Hall–Kier alpha value is -2.91. The highest BCUT2D eigenvalue weighted by Gasteiger charge is 2.32. The molecule has 0 radical (unpaired) electrons. The lowest BCUT2D eigenvalue weighted by Gasteiger charge is -2.34. The second kappa shape index (κ2) is 10.8. The summed E-state index contributed by atoms with van der Waals surface area (Å²) in [5, 5.41) is 11.3. The number of benzene rings is 2. The molecule has 2 heterocycles. The third kappa shape index (κ3) is 6.33. The van der Waals surface area contributed by atoms with E-state index in [1.807, 2.05) is 20.8 Å². The van der Waals surface area contributed by atoms with Gasteiger partial charge in [-0.2, -0.15) is 4.31 Å². The molecule has 0 bridgehead atoms. The maximum atomic E-state index is 13.0. The first-order valence-corrected chi connectivity index (χ1v) is 15.2. The molecule has 14 heteroatoms. The van der Waals surface area contributed by atoms with Crippen molar-refractivity contribution in [3.05, 3.63) is 59.1 Å². The Morgan fingerprint density at radius 1 is 0.973 bits per heavy atom. The van der Waals surface area contributed by atoms with Crippen molar-refractivity contribution in [2.24, 2.45) is 0 Å². The van der Waals surface area contributed by atoms with Gasteiger partial charge in [-0.25, -0.2) is 16.8 Å². The van der Waals surface area contributed by atoms with Crippen LogP contribution in [-0.2, 0) is 31.2 Å². The topological polar surface area (TPSA) is 148 Å². The number of aromatic nitrogens is 2. The summed E-state index contributed by atoms with van der Waals surface area (Å²) in [6, 6.07) is 11.3. The van der Waals surface area contributed by atoms with Gasteiger partial charge in [-0.15, -0.1) is 10.2 Å². The van der Waals surface area contributed by atoms with Crippen molar-refractivity contribution >= 4 is 48.1 Å². The van der Waals surface area contributed by atoms with Gasteiger partial charge in [-0.1, -0.05) is 18.3 Å². The van der Waals surface area contributed by atoms with E-state index >= 15 is 0 Å². The van der Waals surface area contributed by atoms with E-state index in [0.717, 1.165) is 11.3 Å². The van der Waals surface area contributed by atoms with Crippen LogP contribution in [0.25, 0.3) is 0 Å². The summed E-state index contributed by atoms with van der Waals surface area (Å²) < 4.78 is 60.6. The maximum absolute atomic E-state index is 13.0. The minimum Gasteiger partial charge on any atom is -0.373 e. The Kier molecular flexibility index (Phi) is 7.94. The number of anilines is 2. The fourth-order valence-electron chi connectivity index (χ4n) is 3.79. The molecule has 1 aliphatic heterocycles. The minimum absolute atomic E-state index is 0.0000522. The molecule has 1 amide bonds. The number of sulfonamides is 2. The second-order valence-electron chi connectivity index (χ2n) is 8.54. The van der Waals surface area contributed by atoms with Crippen LogP contribution < -0.4 is 10.0 Å². The van der Waals surface area contributed by atoms with Gasteiger partial charge in [0.25, 0.3) is 15.9 Å². The number of carbonyl (C=O) groups excluding carboxylic acids is 1. The second-order valence-corrected chi connectivity index (χ2v) is 13.2. The Morgan fingerprint density at radius 3 is 2.14 bits per heavy atom. The van der Waals surface area contributed by atoms with E-state index < -0.39 is 26.0 Å². The lowest BCUT2D eigenvalue weighted by atomic mass is 10.2. The molecule has 0 unspecified atom stereocenters. The van der Waals surface area contributed by atoms with Crippen molar-refractivity contribution in [2.45, 2.75) is 49.2 Å². The molecule has 2 aromatic carbocycles. The summed E-state index contributed by atoms with van der Waals surface area (Å²) in [7, 11) is -7.58. The molecule has 3 aromatic rings. The summed E-state index contributed by atoms with van der Waals surface area (Å²) >= 11 is 1.16. The number of amides is 1. The molecule has 0 saturated carbocycles. The number of aryl methyl sites for hydroxylation is 1. The first-order chi connectivity index (χ1) is 17.5. The van der Waals surface area contributed by atoms with Gasteiger partial charge >= 0.3 is 0 Å². The SMILES string of the molecule is CCc1nnc(NS(=O)(=O)c2ccc(NC(=O)c3ccc(S(=O)(=O)N4C[C@@H](C)O[C@@H](C)C4)cc3)cc2)s1. The van der Waals surface area contributed by atoms with E-state index in [0.29, 0.717) is 17.1 Å². The monoisotopic (exact) mass is 565 g/mol. The summed E-state index contributed by atoms with van der Waals surface area (Å²) in [4.78, 5) is 12.8. The van der Waals surface area contributed by atoms with E-state index in [9.17, 15) is 21.6 Å². The average molecular weight is 566 g/mol. The van der Waals surface area contributed by atoms with Gasteiger partial charge in [0.05, 0.1) is 22.0 Å². The van der Waals surface area contributed by atoms with Crippen molar-refractivity contribution in [1.82, 2.24) is 14.5 Å². The van der Waals surface area contributed by atoms with Gasteiger partial charge in [0, 0.05) is 24.3 Å². The molecular weight excluding hydrogens is 538 g/mol. The van der Waals surface area contributed by atoms with E-state index in [4.69, 9.17) is 4.74 Å². The fourth-order valence-corrected chi connectivity index (χ4v) is 7.29. The molecule has 1 aromatic heterocycles. The lowest BCUT2D eigenvalue weighted by Crippen LogP contribution is -2.48. The molecule has 1 fully saturated rings. The number of nitrogens with zero attached hydrogens (tertiary/aromatic N) is 3. The van der Waals surface area contributed by atoms with Crippen molar-refractivity contribution in [3.8, 4) is 0 Å². The summed E-state index contributed by atoms with van der Waals surface area (Å²) in [5.41, 5.74) is 0.630. The van der Waals surface area contributed by atoms with Gasteiger partial charge in [-0.05, 0) is 68.8 Å². The van der Waals surface area contributed by atoms with Crippen molar-refractivity contribution in [3.63, 3.8) is 0 Å². The Bertz CT molecular complexity index is 1460. The van der Waals surface area contributed by atoms with Crippen LogP contribution in [0.3, 0.4) is 0 Å². The van der Waals surface area contributed by atoms with Gasteiger partial charge in [-0.3, -0.25) is 9.52 Å². The smallest absolute Gasteiger partial charge is 0.263 e. The third-order valence-corrected chi connectivity index (χ3v) is 9.87. The van der Waals surface area contributed by atoms with Gasteiger partial charge in [0.2, 0.25) is 15.2 Å². The normalized spacial score (nSPS) is 18.9. The van der Waals surface area contributed by atoms with Crippen molar-refractivity contribution in [1.29, 1.82) is 0 Å². The Balaban J connectivity index is 1.41. The minimum atomic E-state index is -3.86. The van der Waals surface area contributed by atoms with Crippen molar-refractivity contribution in [2.75, 3.05) is 23.1 Å². The standard InChI is InChI=1S/C23H27N5O6S3/c1-4-21-25-26-23(35-21)27-36(30,31)19-11-7-18(8-12-19)24-22(29)17-5-9-20(10-6-17)37(32,33)28-13-15(2)34-16(3)14-28/h5-12,15-16H,4,13-14H2,1-3H3,(H,24,29)(H,26,27)/t15-,16+. The van der Waals surface area contributed by atoms with E-state index in [-0.39, 0.29) is 45.8 Å². The average Bonchev–Trinajstić information content (AvgIpc) is 3.30. The van der Waals surface area contributed by atoms with Gasteiger partial charge in [0.1, 0.15) is 5.01 Å². The molecule has 2 atom stereocenters. The Labute approximate surface area is 220 Å². The van der Waals surface area contributed by atoms with Crippen LogP contribution in [0.2, 0.25) is 0 Å². The number of ether oxygens (including phenoxy) is 1. The van der Waals surface area contributed by atoms with E-state index in [1.54, 1.807) is 0 Å². The molecule has 1 aliphatic rings. The number of hydrogen-bond acceptors (Lipinski definition) is 9. The van der Waals surface area contributed by atoms with Crippen LogP contribution in [0.5, 0.6) is 0 Å². The first kappa shape index (κ1) is 27.1. The molecule has 0 aliphatic carbocycles. The molecule has 11 nitrogen and oxygen atoms in total. The highest BCUT2D eigenvalue weighted by atomic mass is 32.2. The van der Waals surface area contributed by atoms with Crippen LogP contribution >= 0.6 is 11.3 Å². The van der Waals surface area contributed by atoms with Crippen LogP contribution in [0.4, 0.5) is 10.8 Å². The quantitative estimate of drug-likeness (QED) is 0.424. The first-order valence-electron chi connectivity index (χ1n) is 11.5. The molecule has 2 N–H and O–H groups in total. The number of morpholine rings is 1. The molecule has 4 rings (SSSR count). The van der Waals surface area contributed by atoms with Gasteiger partial charge < -0.3 is 10.1 Å². The Morgan fingerprint density at radius 2 is 1.57 bits per heavy atom. The van der Waals surface area contributed by atoms with E-state index in [2.05, 4.69) is 20.2 Å². The summed E-state index contributed by atoms with van der Waals surface area (Å²) in [6.45, 7) is 6.07. The number of nitrogens with one attached hydrogen (secondary N) is 2. The lowest BCUT2D eigenvalue weighted by molar-refractivity contribution is -0.0440. The third-order valence-electron chi connectivity index (χ3n) is 5.55. The van der Waals surface area contributed by atoms with Crippen molar-refractivity contribution < 1.29 is 26.4 Å². The highest BCUT2D eigenvalue weighted by Crippen LogP contribution is 2.23. The summed E-state index contributed by atoms with van der Waals surface area (Å²) in [5.74, 6) is -0.466. The maximum Gasteiger partial charge on any atom is 0.263 e. The molecule has 198 valence electrons. The van der Waals surface area contributed by atoms with Gasteiger partial charge in [0.15, 0.2) is 0 Å². The number of rotatable bonds is 8. The highest BCUT2D eigenvalue weighted by molar-refractivity contribution is 7.93. The largest absolute Gasteiger partial charge is 0.373 e. The predicted octanol–water partition coefficient (Wildman–Crippen LogP) is 2.95. The molecule has 1 saturated heterocycles. The van der Waals surface area contributed by atoms with Crippen LogP contribution in [0, 0.1) is 0 Å². The zero-order valence-corrected chi connectivity index (χ0v) is 22.9. The van der Waals surface area contributed by atoms with Crippen LogP contribution in [0.1, 0.15) is 36.1 Å². The zero-order chi connectivity index (χ0) is 26.8. The predicted molar refractivity (Wildman–Crippen MR) is 140 cm³/mol. The van der Waals surface area contributed by atoms with Crippen LogP contribution in [-0.4, -0.2) is 62.5 Å².